The van der Waals surface area contributed by atoms with E-state index in [9.17, 15) is 19.2 Å². The minimum Gasteiger partial charge on any atom is -0.335 e. The van der Waals surface area contributed by atoms with Crippen molar-refractivity contribution in [3.63, 3.8) is 0 Å². The van der Waals surface area contributed by atoms with Crippen LogP contribution in [0.2, 0.25) is 0 Å². The number of carbonyl (C=O) groups excluding carboxylic acids is 4. The number of carbonyl (C=O) groups is 4. The second-order valence-electron chi connectivity index (χ2n) is 8.27. The van der Waals surface area contributed by atoms with Gasteiger partial charge in [-0.2, -0.15) is 0 Å². The van der Waals surface area contributed by atoms with Crippen LogP contribution in [0.5, 0.6) is 0 Å². The van der Waals surface area contributed by atoms with Crippen molar-refractivity contribution >= 4 is 40.1 Å². The van der Waals surface area contributed by atoms with Crippen LogP contribution < -0.4 is 5.32 Å². The summed E-state index contributed by atoms with van der Waals surface area (Å²) in [4.78, 5) is 53.3. The second-order valence-corrected chi connectivity index (χ2v) is 9.33. The van der Waals surface area contributed by atoms with Crippen molar-refractivity contribution in [2.24, 2.45) is 5.92 Å². The number of rotatable bonds is 6. The van der Waals surface area contributed by atoms with Gasteiger partial charge in [-0.3, -0.25) is 24.1 Å². The molecule has 1 aromatic heterocycles. The zero-order valence-corrected chi connectivity index (χ0v) is 19.1. The molecule has 9 nitrogen and oxygen atoms in total. The average Bonchev–Trinajstić information content (AvgIpc) is 3.53. The van der Waals surface area contributed by atoms with Crippen molar-refractivity contribution in [3.8, 4) is 0 Å². The van der Waals surface area contributed by atoms with Gasteiger partial charge in [-0.1, -0.05) is 53.8 Å². The number of fused-ring (bicyclic) bond motifs is 1. The molecule has 0 aliphatic carbocycles. The van der Waals surface area contributed by atoms with Crippen molar-refractivity contribution < 1.29 is 19.2 Å². The van der Waals surface area contributed by atoms with Gasteiger partial charge in [-0.15, -0.1) is 10.2 Å². The highest BCUT2D eigenvalue weighted by atomic mass is 32.1. The molecule has 3 aromatic rings. The SMILES string of the molecule is CC(c1ccccc1)N1CC(C(=O)Nc2nnc(CN3C(=O)c4ccccc4C3=O)s2)CC1=O. The van der Waals surface area contributed by atoms with E-state index < -0.39 is 5.92 Å². The van der Waals surface area contributed by atoms with E-state index in [1.165, 1.54) is 0 Å². The van der Waals surface area contributed by atoms with E-state index in [0.717, 1.165) is 21.8 Å². The van der Waals surface area contributed by atoms with Crippen molar-refractivity contribution in [1.82, 2.24) is 20.0 Å². The molecule has 4 amide bonds. The van der Waals surface area contributed by atoms with Crippen molar-refractivity contribution in [2.75, 3.05) is 11.9 Å². The predicted octanol–water partition coefficient (Wildman–Crippen LogP) is 2.88. The number of nitrogens with one attached hydrogen (secondary N) is 1. The molecule has 34 heavy (non-hydrogen) atoms. The quantitative estimate of drug-likeness (QED) is 0.549. The highest BCUT2D eigenvalue weighted by Crippen LogP contribution is 2.30. The molecule has 2 unspecified atom stereocenters. The van der Waals surface area contributed by atoms with Gasteiger partial charge in [-0.05, 0) is 24.6 Å². The molecule has 2 aliphatic rings. The van der Waals surface area contributed by atoms with Crippen LogP contribution in [0.3, 0.4) is 0 Å². The van der Waals surface area contributed by atoms with Crippen molar-refractivity contribution in [2.45, 2.75) is 25.9 Å². The fraction of sp³-hybridized carbons (Fsp3) is 0.250. The fourth-order valence-electron chi connectivity index (χ4n) is 4.29. The van der Waals surface area contributed by atoms with Gasteiger partial charge < -0.3 is 10.2 Å². The minimum absolute atomic E-state index is 0.0236. The lowest BCUT2D eigenvalue weighted by Crippen LogP contribution is -2.30. The Morgan fingerprint density at radius 3 is 2.35 bits per heavy atom. The number of nitrogens with zero attached hydrogens (tertiary/aromatic N) is 4. The molecule has 5 rings (SSSR count). The molecule has 2 atom stereocenters. The van der Waals surface area contributed by atoms with Gasteiger partial charge in [0, 0.05) is 13.0 Å². The third-order valence-corrected chi connectivity index (χ3v) is 6.97. The molecule has 0 spiro atoms. The number of hydrogen-bond donors (Lipinski definition) is 1. The maximum Gasteiger partial charge on any atom is 0.261 e. The zero-order chi connectivity index (χ0) is 23.8. The summed E-state index contributed by atoms with van der Waals surface area (Å²) < 4.78 is 0. The maximum atomic E-state index is 12.8. The molecule has 0 radical (unpaired) electrons. The molecule has 0 saturated carbocycles. The van der Waals surface area contributed by atoms with Crippen LogP contribution >= 0.6 is 11.3 Å². The molecule has 1 fully saturated rings. The van der Waals surface area contributed by atoms with Crippen LogP contribution in [0, 0.1) is 5.92 Å². The molecule has 3 heterocycles. The van der Waals surface area contributed by atoms with Crippen LogP contribution in [0.4, 0.5) is 5.13 Å². The fourth-order valence-corrected chi connectivity index (χ4v) is 5.02. The number of benzene rings is 2. The van der Waals surface area contributed by atoms with Crippen LogP contribution in [0.15, 0.2) is 54.6 Å². The van der Waals surface area contributed by atoms with E-state index in [-0.39, 0.29) is 47.8 Å². The smallest absolute Gasteiger partial charge is 0.261 e. The highest BCUT2D eigenvalue weighted by Gasteiger charge is 2.38. The Balaban J connectivity index is 1.21. The van der Waals surface area contributed by atoms with Crippen LogP contribution in [-0.2, 0) is 16.1 Å². The van der Waals surface area contributed by atoms with E-state index in [1.54, 1.807) is 29.2 Å². The highest BCUT2D eigenvalue weighted by molar-refractivity contribution is 7.15. The molecule has 0 bridgehead atoms. The minimum atomic E-state index is -0.498. The molecule has 2 aromatic carbocycles. The summed E-state index contributed by atoms with van der Waals surface area (Å²) in [6.45, 7) is 2.25. The molecule has 1 saturated heterocycles. The van der Waals surface area contributed by atoms with Gasteiger partial charge in [0.2, 0.25) is 16.9 Å². The summed E-state index contributed by atoms with van der Waals surface area (Å²) >= 11 is 1.10. The van der Waals surface area contributed by atoms with Crippen LogP contribution in [-0.4, -0.2) is 50.2 Å². The number of amides is 4. The summed E-state index contributed by atoms with van der Waals surface area (Å²) in [5.41, 5.74) is 1.75. The number of hydrogen-bond acceptors (Lipinski definition) is 7. The van der Waals surface area contributed by atoms with Crippen LogP contribution in [0.1, 0.15) is 50.7 Å². The average molecular weight is 476 g/mol. The van der Waals surface area contributed by atoms with Gasteiger partial charge in [0.05, 0.1) is 29.6 Å². The largest absolute Gasteiger partial charge is 0.335 e. The van der Waals surface area contributed by atoms with Gasteiger partial charge in [0.1, 0.15) is 5.01 Å². The molecule has 1 N–H and O–H groups in total. The third-order valence-electron chi connectivity index (χ3n) is 6.15. The Labute approximate surface area is 199 Å². The van der Waals surface area contributed by atoms with E-state index in [0.29, 0.717) is 22.7 Å². The number of likely N-dealkylation sites (tertiary alicyclic amines) is 1. The van der Waals surface area contributed by atoms with Crippen molar-refractivity contribution in [1.29, 1.82) is 0 Å². The Morgan fingerprint density at radius 2 is 1.68 bits per heavy atom. The lowest BCUT2D eigenvalue weighted by Gasteiger charge is -2.25. The standard InChI is InChI=1S/C24H21N5O4S/c1-14(15-7-3-2-4-8-15)28-12-16(11-20(28)30)21(31)25-24-27-26-19(34-24)13-29-22(32)17-9-5-6-10-18(17)23(29)33/h2-10,14,16H,11-13H2,1H3,(H,25,27,31). The van der Waals surface area contributed by atoms with Gasteiger partial charge in [0.25, 0.3) is 11.8 Å². The number of aromatic nitrogens is 2. The molecule has 172 valence electrons. The third kappa shape index (κ3) is 3.96. The topological polar surface area (TPSA) is 113 Å². The summed E-state index contributed by atoms with van der Waals surface area (Å²) in [6.07, 6.45) is 0.129. The maximum absolute atomic E-state index is 12.8. The summed E-state index contributed by atoms with van der Waals surface area (Å²) in [5, 5.41) is 11.4. The summed E-state index contributed by atoms with van der Waals surface area (Å²) in [6, 6.07) is 16.2. The predicted molar refractivity (Wildman–Crippen MR) is 124 cm³/mol. The Hall–Kier alpha value is -3.92. The van der Waals surface area contributed by atoms with E-state index in [2.05, 4.69) is 15.5 Å². The molecule has 10 heteroatoms. The molecule has 2 aliphatic heterocycles. The normalized spacial score (nSPS) is 18.4. The van der Waals surface area contributed by atoms with Gasteiger partial charge >= 0.3 is 0 Å². The molecular formula is C24H21N5O4S. The second kappa shape index (κ2) is 8.79. The Morgan fingerprint density at radius 1 is 1.03 bits per heavy atom. The van der Waals surface area contributed by atoms with Gasteiger partial charge in [0.15, 0.2) is 0 Å². The summed E-state index contributed by atoms with van der Waals surface area (Å²) in [7, 11) is 0. The number of anilines is 1. The first kappa shape index (κ1) is 21.9. The number of imide groups is 1. The van der Waals surface area contributed by atoms with Crippen molar-refractivity contribution in [3.05, 3.63) is 76.3 Å². The van der Waals surface area contributed by atoms with E-state index in [4.69, 9.17) is 0 Å². The monoisotopic (exact) mass is 475 g/mol. The van der Waals surface area contributed by atoms with E-state index in [1.807, 2.05) is 37.3 Å². The summed E-state index contributed by atoms with van der Waals surface area (Å²) in [5.74, 6) is -1.63. The van der Waals surface area contributed by atoms with Crippen LogP contribution in [0.25, 0.3) is 0 Å². The first-order valence-electron chi connectivity index (χ1n) is 10.8. The van der Waals surface area contributed by atoms with E-state index >= 15 is 0 Å². The first-order chi connectivity index (χ1) is 16.4. The lowest BCUT2D eigenvalue weighted by atomic mass is 10.1. The van der Waals surface area contributed by atoms with Gasteiger partial charge in [-0.25, -0.2) is 0 Å². The lowest BCUT2D eigenvalue weighted by molar-refractivity contribution is -0.129. The molecular weight excluding hydrogens is 454 g/mol. The first-order valence-corrected chi connectivity index (χ1v) is 11.7. The Bertz CT molecular complexity index is 1260. The Kier molecular flexibility index (Phi) is 5.66. The zero-order valence-electron chi connectivity index (χ0n) is 18.3.